The Balaban J connectivity index is 2.51. The van der Waals surface area contributed by atoms with Gasteiger partial charge in [-0.15, -0.1) is 0 Å². The molecule has 0 amide bonds. The van der Waals surface area contributed by atoms with Gasteiger partial charge in [-0.25, -0.2) is 4.39 Å². The van der Waals surface area contributed by atoms with E-state index in [1.165, 1.54) is 25.3 Å². The molecule has 1 atom stereocenters. The van der Waals surface area contributed by atoms with E-state index >= 15 is 0 Å². The second-order valence-corrected chi connectivity index (χ2v) is 4.75. The first-order valence-corrected chi connectivity index (χ1v) is 6.18. The molecule has 4 heteroatoms. The molecule has 0 aliphatic heterocycles. The molecule has 1 N–H and O–H groups in total. The Morgan fingerprint density at radius 2 is 1.89 bits per heavy atom. The lowest BCUT2D eigenvalue weighted by atomic mass is 9.98. The van der Waals surface area contributed by atoms with Gasteiger partial charge in [0.15, 0.2) is 0 Å². The van der Waals surface area contributed by atoms with E-state index in [-0.39, 0.29) is 5.56 Å². The maximum atomic E-state index is 13.8. The summed E-state index contributed by atoms with van der Waals surface area (Å²) < 4.78 is 19.0. The topological polar surface area (TPSA) is 29.5 Å². The third-order valence-electron chi connectivity index (χ3n) is 2.93. The Kier molecular flexibility index (Phi) is 4.08. The second kappa shape index (κ2) is 5.59. The van der Waals surface area contributed by atoms with Gasteiger partial charge < -0.3 is 9.84 Å². The second-order valence-electron chi connectivity index (χ2n) is 4.31. The number of methoxy groups -OCH3 is 1. The van der Waals surface area contributed by atoms with E-state index in [4.69, 9.17) is 16.3 Å². The van der Waals surface area contributed by atoms with Crippen LogP contribution in [-0.2, 0) is 0 Å². The summed E-state index contributed by atoms with van der Waals surface area (Å²) >= 11 is 5.84. The molecule has 2 rings (SSSR count). The molecule has 0 bridgehead atoms. The standard InChI is InChI=1S/C15H14ClFO2/c1-9-3-6-14(19-2)12(7-9)15(18)11-8-10(16)4-5-13(11)17/h3-8,15,18H,1-2H3. The number of aliphatic hydroxyl groups excluding tert-OH is 1. The van der Waals surface area contributed by atoms with Gasteiger partial charge in [0.1, 0.15) is 17.7 Å². The maximum Gasteiger partial charge on any atom is 0.129 e. The van der Waals surface area contributed by atoms with E-state index in [1.54, 1.807) is 12.1 Å². The normalized spacial score (nSPS) is 12.3. The number of halogens is 2. The fraction of sp³-hybridized carbons (Fsp3) is 0.200. The minimum absolute atomic E-state index is 0.136. The summed E-state index contributed by atoms with van der Waals surface area (Å²) in [5.41, 5.74) is 1.61. The zero-order valence-electron chi connectivity index (χ0n) is 10.7. The van der Waals surface area contributed by atoms with Crippen LogP contribution in [0.1, 0.15) is 22.8 Å². The number of benzene rings is 2. The molecule has 2 aromatic rings. The summed E-state index contributed by atoms with van der Waals surface area (Å²) in [5, 5.41) is 10.7. The molecule has 100 valence electrons. The number of rotatable bonds is 3. The highest BCUT2D eigenvalue weighted by Gasteiger charge is 2.19. The highest BCUT2D eigenvalue weighted by Crippen LogP contribution is 2.33. The molecule has 0 aliphatic carbocycles. The first kappa shape index (κ1) is 13.8. The van der Waals surface area contributed by atoms with E-state index in [0.717, 1.165) is 5.56 Å². The van der Waals surface area contributed by atoms with E-state index in [9.17, 15) is 9.50 Å². The van der Waals surface area contributed by atoms with Crippen LogP contribution in [0.25, 0.3) is 0 Å². The largest absolute Gasteiger partial charge is 0.496 e. The van der Waals surface area contributed by atoms with Crippen molar-refractivity contribution in [2.75, 3.05) is 7.11 Å². The lowest BCUT2D eigenvalue weighted by Crippen LogP contribution is -2.05. The van der Waals surface area contributed by atoms with Crippen molar-refractivity contribution in [2.45, 2.75) is 13.0 Å². The smallest absolute Gasteiger partial charge is 0.129 e. The highest BCUT2D eigenvalue weighted by molar-refractivity contribution is 6.30. The van der Waals surface area contributed by atoms with Crippen molar-refractivity contribution in [1.29, 1.82) is 0 Å². The van der Waals surface area contributed by atoms with Crippen molar-refractivity contribution < 1.29 is 14.2 Å². The van der Waals surface area contributed by atoms with Crippen LogP contribution in [-0.4, -0.2) is 12.2 Å². The summed E-state index contributed by atoms with van der Waals surface area (Å²) in [7, 11) is 1.51. The summed E-state index contributed by atoms with van der Waals surface area (Å²) in [4.78, 5) is 0. The van der Waals surface area contributed by atoms with Crippen LogP contribution in [0.15, 0.2) is 36.4 Å². The number of ether oxygens (including phenoxy) is 1. The molecule has 2 aromatic carbocycles. The van der Waals surface area contributed by atoms with E-state index in [1.807, 2.05) is 13.0 Å². The van der Waals surface area contributed by atoms with Crippen molar-refractivity contribution in [3.05, 3.63) is 63.9 Å². The van der Waals surface area contributed by atoms with Gasteiger partial charge in [0.2, 0.25) is 0 Å². The fourth-order valence-electron chi connectivity index (χ4n) is 1.96. The van der Waals surface area contributed by atoms with Crippen LogP contribution in [0.2, 0.25) is 5.02 Å². The summed E-state index contributed by atoms with van der Waals surface area (Å²) in [6.07, 6.45) is -1.12. The Labute approximate surface area is 116 Å². The van der Waals surface area contributed by atoms with Gasteiger partial charge in [0.25, 0.3) is 0 Å². The predicted octanol–water partition coefficient (Wildman–Crippen LogP) is 3.88. The Morgan fingerprint density at radius 1 is 1.16 bits per heavy atom. The molecule has 0 radical (unpaired) electrons. The van der Waals surface area contributed by atoms with Crippen LogP contribution < -0.4 is 4.74 Å². The van der Waals surface area contributed by atoms with Gasteiger partial charge in [-0.3, -0.25) is 0 Å². The Bertz CT molecular complexity index is 599. The van der Waals surface area contributed by atoms with Crippen LogP contribution >= 0.6 is 11.6 Å². The van der Waals surface area contributed by atoms with Gasteiger partial charge in [-0.1, -0.05) is 23.2 Å². The molecule has 2 nitrogen and oxygen atoms in total. The molecule has 0 aliphatic rings. The van der Waals surface area contributed by atoms with E-state index < -0.39 is 11.9 Å². The molecule has 0 saturated heterocycles. The number of aliphatic hydroxyl groups is 1. The molecule has 0 heterocycles. The number of hydrogen-bond donors (Lipinski definition) is 1. The third-order valence-corrected chi connectivity index (χ3v) is 3.17. The lowest BCUT2D eigenvalue weighted by Gasteiger charge is -2.16. The maximum absolute atomic E-state index is 13.8. The summed E-state index contributed by atoms with van der Waals surface area (Å²) in [6.45, 7) is 1.89. The minimum Gasteiger partial charge on any atom is -0.496 e. The molecule has 1 unspecified atom stereocenters. The first-order chi connectivity index (χ1) is 9.02. The average molecular weight is 281 g/mol. The van der Waals surface area contributed by atoms with Crippen molar-refractivity contribution >= 4 is 11.6 Å². The van der Waals surface area contributed by atoms with Crippen LogP contribution in [0.3, 0.4) is 0 Å². The van der Waals surface area contributed by atoms with Crippen molar-refractivity contribution in [3.8, 4) is 5.75 Å². The minimum atomic E-state index is -1.12. The predicted molar refractivity (Wildman–Crippen MR) is 73.2 cm³/mol. The monoisotopic (exact) mass is 280 g/mol. The zero-order chi connectivity index (χ0) is 14.0. The molecule has 0 saturated carbocycles. The van der Waals surface area contributed by atoms with E-state index in [0.29, 0.717) is 16.3 Å². The van der Waals surface area contributed by atoms with Crippen molar-refractivity contribution in [1.82, 2.24) is 0 Å². The SMILES string of the molecule is COc1ccc(C)cc1C(O)c1cc(Cl)ccc1F. The quantitative estimate of drug-likeness (QED) is 0.924. The fourth-order valence-corrected chi connectivity index (χ4v) is 2.14. The Hall–Kier alpha value is -1.58. The molecular weight excluding hydrogens is 267 g/mol. The number of hydrogen-bond acceptors (Lipinski definition) is 2. The zero-order valence-corrected chi connectivity index (χ0v) is 11.4. The molecule has 0 spiro atoms. The third kappa shape index (κ3) is 2.88. The summed E-state index contributed by atoms with van der Waals surface area (Å²) in [6, 6.07) is 9.48. The van der Waals surface area contributed by atoms with Gasteiger partial charge in [0, 0.05) is 16.1 Å². The van der Waals surface area contributed by atoms with Crippen molar-refractivity contribution in [3.63, 3.8) is 0 Å². The lowest BCUT2D eigenvalue weighted by molar-refractivity contribution is 0.209. The highest BCUT2D eigenvalue weighted by atomic mass is 35.5. The van der Waals surface area contributed by atoms with Crippen LogP contribution in [0, 0.1) is 12.7 Å². The molecule has 0 aromatic heterocycles. The van der Waals surface area contributed by atoms with Gasteiger partial charge in [-0.05, 0) is 37.3 Å². The van der Waals surface area contributed by atoms with Crippen LogP contribution in [0.5, 0.6) is 5.75 Å². The van der Waals surface area contributed by atoms with E-state index in [2.05, 4.69) is 0 Å². The number of aryl methyl sites for hydroxylation is 1. The molecule has 19 heavy (non-hydrogen) atoms. The molecular formula is C15H14ClFO2. The average Bonchev–Trinajstić information content (AvgIpc) is 2.40. The van der Waals surface area contributed by atoms with Gasteiger partial charge >= 0.3 is 0 Å². The molecule has 0 fully saturated rings. The van der Waals surface area contributed by atoms with Gasteiger partial charge in [0.05, 0.1) is 7.11 Å². The summed E-state index contributed by atoms with van der Waals surface area (Å²) in [5.74, 6) is 0.0120. The van der Waals surface area contributed by atoms with Gasteiger partial charge in [-0.2, -0.15) is 0 Å². The van der Waals surface area contributed by atoms with Crippen LogP contribution in [0.4, 0.5) is 4.39 Å². The Morgan fingerprint density at radius 3 is 2.58 bits per heavy atom. The first-order valence-electron chi connectivity index (χ1n) is 5.80. The van der Waals surface area contributed by atoms with Crippen molar-refractivity contribution in [2.24, 2.45) is 0 Å².